The van der Waals surface area contributed by atoms with Crippen LogP contribution < -0.4 is 0 Å². The fourth-order valence-electron chi connectivity index (χ4n) is 3.97. The first-order valence-corrected chi connectivity index (χ1v) is 10.4. The quantitative estimate of drug-likeness (QED) is 0.812. The molecule has 2 aromatic heterocycles. The third kappa shape index (κ3) is 2.55. The van der Waals surface area contributed by atoms with Crippen molar-refractivity contribution in [2.75, 3.05) is 19.7 Å². The van der Waals surface area contributed by atoms with Crippen LogP contribution >= 0.6 is 0 Å². The Morgan fingerprint density at radius 2 is 2.15 bits per heavy atom. The average Bonchev–Trinajstić information content (AvgIpc) is 3.45. The van der Waals surface area contributed by atoms with E-state index in [1.165, 1.54) is 0 Å². The molecule has 1 aliphatic carbocycles. The van der Waals surface area contributed by atoms with Gasteiger partial charge in [0.1, 0.15) is 0 Å². The number of aromatic nitrogens is 3. The van der Waals surface area contributed by atoms with Crippen LogP contribution in [0.5, 0.6) is 0 Å². The Kier molecular flexibility index (Phi) is 3.63. The first-order chi connectivity index (χ1) is 12.6. The summed E-state index contributed by atoms with van der Waals surface area (Å²) in [5.41, 5.74) is 2.37. The largest absolute Gasteiger partial charge is 0.376 e. The zero-order valence-electron chi connectivity index (χ0n) is 14.3. The van der Waals surface area contributed by atoms with Gasteiger partial charge in [0.05, 0.1) is 29.6 Å². The van der Waals surface area contributed by atoms with Crippen LogP contribution in [0.1, 0.15) is 30.5 Å². The Balaban J connectivity index is 1.53. The van der Waals surface area contributed by atoms with Crippen molar-refractivity contribution in [1.82, 2.24) is 19.3 Å². The van der Waals surface area contributed by atoms with E-state index in [-0.39, 0.29) is 10.7 Å². The fraction of sp³-hybridized carbons (Fsp3) is 0.500. The molecule has 1 saturated carbocycles. The van der Waals surface area contributed by atoms with Crippen LogP contribution in [0.15, 0.2) is 30.7 Å². The molecule has 2 aliphatic heterocycles. The molecular weight excluding hydrogens is 352 g/mol. The van der Waals surface area contributed by atoms with Crippen molar-refractivity contribution < 1.29 is 13.2 Å². The van der Waals surface area contributed by atoms with Gasteiger partial charge in [-0.2, -0.15) is 0 Å². The van der Waals surface area contributed by atoms with E-state index in [4.69, 9.17) is 9.72 Å². The molecule has 0 bridgehead atoms. The molecular formula is C18H20N4O3S. The van der Waals surface area contributed by atoms with Crippen molar-refractivity contribution in [3.05, 3.63) is 42.0 Å². The molecule has 0 N–H and O–H groups in total. The predicted molar refractivity (Wildman–Crippen MR) is 94.7 cm³/mol. The molecule has 136 valence electrons. The van der Waals surface area contributed by atoms with E-state index >= 15 is 0 Å². The van der Waals surface area contributed by atoms with Crippen LogP contribution in [-0.2, 0) is 26.8 Å². The van der Waals surface area contributed by atoms with Gasteiger partial charge in [-0.3, -0.25) is 4.98 Å². The lowest BCUT2D eigenvalue weighted by Crippen LogP contribution is -2.42. The maximum Gasteiger partial charge on any atom is 0.217 e. The third-order valence-electron chi connectivity index (χ3n) is 5.55. The molecule has 2 fully saturated rings. The molecule has 1 spiro atoms. The number of fused-ring (bicyclic) bond motifs is 2. The lowest BCUT2D eigenvalue weighted by Gasteiger charge is -2.34. The molecule has 0 unspecified atom stereocenters. The highest BCUT2D eigenvalue weighted by atomic mass is 32.2. The maximum atomic E-state index is 12.7. The molecule has 4 heterocycles. The highest BCUT2D eigenvalue weighted by Gasteiger charge is 2.51. The first-order valence-electron chi connectivity index (χ1n) is 8.92. The summed E-state index contributed by atoms with van der Waals surface area (Å²) < 4.78 is 32.8. The highest BCUT2D eigenvalue weighted by Crippen LogP contribution is 2.42. The molecule has 7 nitrogen and oxygen atoms in total. The second kappa shape index (κ2) is 5.80. The van der Waals surface area contributed by atoms with Gasteiger partial charge in [-0.05, 0) is 31.4 Å². The van der Waals surface area contributed by atoms with Crippen molar-refractivity contribution in [2.24, 2.45) is 0 Å². The first kappa shape index (κ1) is 16.3. The number of nitrogens with zero attached hydrogens (tertiary/aromatic N) is 4. The molecule has 1 atom stereocenters. The SMILES string of the molecule is O=S(=O)(C1CC1)N1CC[C@]2(COCc3cnc(-c4cccnc4)nc32)C1. The van der Waals surface area contributed by atoms with Gasteiger partial charge in [-0.1, -0.05) is 0 Å². The van der Waals surface area contributed by atoms with Crippen molar-refractivity contribution >= 4 is 10.0 Å². The number of ether oxygens (including phenoxy) is 1. The van der Waals surface area contributed by atoms with E-state index in [1.54, 1.807) is 16.7 Å². The topological polar surface area (TPSA) is 85.3 Å². The molecule has 0 radical (unpaired) electrons. The summed E-state index contributed by atoms with van der Waals surface area (Å²) in [5.74, 6) is 0.627. The lowest BCUT2D eigenvalue weighted by atomic mass is 9.80. The van der Waals surface area contributed by atoms with Gasteiger partial charge in [-0.15, -0.1) is 0 Å². The van der Waals surface area contributed by atoms with Crippen LogP contribution in [0.3, 0.4) is 0 Å². The molecule has 0 amide bonds. The standard InChI is InChI=1S/C18H20N4O3S/c23-26(24,15-3-4-15)22-7-5-18(11-22)12-25-10-14-9-20-17(21-16(14)18)13-2-1-6-19-8-13/h1-2,6,8-9,15H,3-5,7,10-12H2/t18-/m1/s1. The molecule has 2 aromatic rings. The monoisotopic (exact) mass is 372 g/mol. The number of hydrogen-bond donors (Lipinski definition) is 0. The summed E-state index contributed by atoms with van der Waals surface area (Å²) in [6, 6.07) is 3.79. The molecule has 0 aromatic carbocycles. The zero-order valence-corrected chi connectivity index (χ0v) is 15.2. The normalized spacial score (nSPS) is 26.2. The summed E-state index contributed by atoms with van der Waals surface area (Å²) in [5, 5.41) is -0.182. The zero-order chi connectivity index (χ0) is 17.8. The molecule has 3 aliphatic rings. The van der Waals surface area contributed by atoms with Crippen molar-refractivity contribution in [3.63, 3.8) is 0 Å². The number of pyridine rings is 1. The maximum absolute atomic E-state index is 12.7. The Bertz CT molecular complexity index is 946. The van der Waals surface area contributed by atoms with Crippen LogP contribution in [0.2, 0.25) is 0 Å². The van der Waals surface area contributed by atoms with Gasteiger partial charge in [0.15, 0.2) is 5.82 Å². The average molecular weight is 372 g/mol. The van der Waals surface area contributed by atoms with Crippen molar-refractivity contribution in [2.45, 2.75) is 36.5 Å². The van der Waals surface area contributed by atoms with E-state index in [1.807, 2.05) is 18.3 Å². The minimum absolute atomic E-state index is 0.182. The highest BCUT2D eigenvalue weighted by molar-refractivity contribution is 7.90. The Labute approximate surface area is 152 Å². The van der Waals surface area contributed by atoms with Gasteiger partial charge in [0.2, 0.25) is 10.0 Å². The Morgan fingerprint density at radius 3 is 2.92 bits per heavy atom. The summed E-state index contributed by atoms with van der Waals surface area (Å²) in [6.07, 6.45) is 7.57. The molecule has 8 heteroatoms. The van der Waals surface area contributed by atoms with E-state index < -0.39 is 10.0 Å². The van der Waals surface area contributed by atoms with Crippen LogP contribution in [0.25, 0.3) is 11.4 Å². The summed E-state index contributed by atoms with van der Waals surface area (Å²) in [6.45, 7) is 1.95. The van der Waals surface area contributed by atoms with Gasteiger partial charge in [-0.25, -0.2) is 22.7 Å². The van der Waals surface area contributed by atoms with Crippen LogP contribution in [0, 0.1) is 0 Å². The van der Waals surface area contributed by atoms with E-state index in [0.717, 1.165) is 36.1 Å². The predicted octanol–water partition coefficient (Wildman–Crippen LogP) is 1.50. The smallest absolute Gasteiger partial charge is 0.217 e. The van der Waals surface area contributed by atoms with E-state index in [2.05, 4.69) is 9.97 Å². The van der Waals surface area contributed by atoms with Crippen LogP contribution in [-0.4, -0.2) is 52.6 Å². The summed E-state index contributed by atoms with van der Waals surface area (Å²) in [7, 11) is -3.18. The van der Waals surface area contributed by atoms with Gasteiger partial charge >= 0.3 is 0 Å². The fourth-order valence-corrected chi connectivity index (χ4v) is 5.90. The lowest BCUT2D eigenvalue weighted by molar-refractivity contribution is 0.0531. The van der Waals surface area contributed by atoms with E-state index in [9.17, 15) is 8.42 Å². The van der Waals surface area contributed by atoms with Gasteiger partial charge in [0, 0.05) is 42.8 Å². The minimum Gasteiger partial charge on any atom is -0.376 e. The number of rotatable bonds is 3. The molecule has 1 saturated heterocycles. The molecule has 26 heavy (non-hydrogen) atoms. The Hall–Kier alpha value is -1.90. The van der Waals surface area contributed by atoms with Crippen molar-refractivity contribution in [1.29, 1.82) is 0 Å². The Morgan fingerprint density at radius 1 is 1.27 bits per heavy atom. The van der Waals surface area contributed by atoms with Crippen LogP contribution in [0.4, 0.5) is 0 Å². The second-order valence-corrected chi connectivity index (χ2v) is 9.62. The summed E-state index contributed by atoms with van der Waals surface area (Å²) in [4.78, 5) is 13.4. The molecule has 5 rings (SSSR count). The summed E-state index contributed by atoms with van der Waals surface area (Å²) >= 11 is 0. The van der Waals surface area contributed by atoms with E-state index in [0.29, 0.717) is 32.1 Å². The minimum atomic E-state index is -3.18. The third-order valence-corrected chi connectivity index (χ3v) is 7.89. The van der Waals surface area contributed by atoms with Gasteiger partial charge < -0.3 is 4.74 Å². The second-order valence-electron chi connectivity index (χ2n) is 7.41. The number of hydrogen-bond acceptors (Lipinski definition) is 6. The number of sulfonamides is 1. The van der Waals surface area contributed by atoms with Crippen molar-refractivity contribution in [3.8, 4) is 11.4 Å². The van der Waals surface area contributed by atoms with Gasteiger partial charge in [0.25, 0.3) is 0 Å².